The zero-order valence-electron chi connectivity index (χ0n) is 24.4. The van der Waals surface area contributed by atoms with Crippen LogP contribution in [0.15, 0.2) is 29.3 Å². The number of ketones is 1. The number of carbonyl (C=O) groups excluding carboxylic acids is 2. The highest BCUT2D eigenvalue weighted by Gasteiger charge is 2.26. The molecule has 1 amide bonds. The second kappa shape index (κ2) is 11.6. The van der Waals surface area contributed by atoms with Crippen LogP contribution in [-0.4, -0.2) is 68.1 Å². The van der Waals surface area contributed by atoms with Crippen molar-refractivity contribution in [3.05, 3.63) is 46.0 Å². The second-order valence-corrected chi connectivity index (χ2v) is 11.1. The third-order valence-corrected chi connectivity index (χ3v) is 7.15. The van der Waals surface area contributed by atoms with Crippen LogP contribution in [0, 0.1) is 6.92 Å². The molecule has 11 nitrogen and oxygen atoms in total. The SMILES string of the molecule is CCC(CC)n1c(=O)c(C(C)=O)c(C)c2cnc(Nc3ccc(N4CCN(C(=O)OC(C)(C)C)CC4)cn3)nc21. The van der Waals surface area contributed by atoms with E-state index in [-0.39, 0.29) is 29.0 Å². The Hall–Kier alpha value is -4.02. The maximum atomic E-state index is 13.4. The maximum Gasteiger partial charge on any atom is 0.410 e. The van der Waals surface area contributed by atoms with E-state index >= 15 is 0 Å². The van der Waals surface area contributed by atoms with Gasteiger partial charge in [-0.3, -0.25) is 14.2 Å². The molecule has 1 saturated heterocycles. The van der Waals surface area contributed by atoms with E-state index in [2.05, 4.69) is 20.2 Å². The lowest BCUT2D eigenvalue weighted by Gasteiger charge is -2.36. The van der Waals surface area contributed by atoms with Crippen LogP contribution >= 0.6 is 0 Å². The van der Waals surface area contributed by atoms with E-state index in [1.807, 2.05) is 46.8 Å². The lowest BCUT2D eigenvalue weighted by atomic mass is 10.0. The lowest BCUT2D eigenvalue weighted by molar-refractivity contribution is 0.0240. The number of piperazine rings is 1. The summed E-state index contributed by atoms with van der Waals surface area (Å²) in [5.74, 6) is 0.610. The molecule has 1 N–H and O–H groups in total. The Kier molecular flexibility index (Phi) is 8.41. The van der Waals surface area contributed by atoms with Gasteiger partial charge in [-0.2, -0.15) is 4.98 Å². The van der Waals surface area contributed by atoms with Gasteiger partial charge in [0.05, 0.1) is 17.4 Å². The van der Waals surface area contributed by atoms with Crippen molar-refractivity contribution in [1.29, 1.82) is 0 Å². The number of carbonyl (C=O) groups is 2. The quantitative estimate of drug-likeness (QED) is 0.412. The summed E-state index contributed by atoms with van der Waals surface area (Å²) in [6.07, 6.45) is 4.60. The summed E-state index contributed by atoms with van der Waals surface area (Å²) in [4.78, 5) is 55.7. The number of Topliss-reactive ketones (excluding diaryl/α,β-unsaturated/α-hetero) is 1. The number of amides is 1. The molecule has 3 aromatic rings. The van der Waals surface area contributed by atoms with E-state index in [4.69, 9.17) is 9.72 Å². The second-order valence-electron chi connectivity index (χ2n) is 11.1. The van der Waals surface area contributed by atoms with Crippen molar-refractivity contribution in [3.8, 4) is 0 Å². The molecular formula is C29H39N7O4. The molecule has 0 radical (unpaired) electrons. The number of aryl methyl sites for hydroxylation is 1. The van der Waals surface area contributed by atoms with Crippen molar-refractivity contribution in [1.82, 2.24) is 24.4 Å². The van der Waals surface area contributed by atoms with E-state index in [0.717, 1.165) is 18.5 Å². The Morgan fingerprint density at radius 3 is 2.27 bits per heavy atom. The first-order chi connectivity index (χ1) is 18.9. The van der Waals surface area contributed by atoms with Crippen molar-refractivity contribution >= 4 is 40.4 Å². The molecule has 0 spiro atoms. The molecule has 40 heavy (non-hydrogen) atoms. The van der Waals surface area contributed by atoms with Gasteiger partial charge in [-0.15, -0.1) is 0 Å². The number of nitrogens with one attached hydrogen (secondary N) is 1. The number of ether oxygens (including phenoxy) is 1. The van der Waals surface area contributed by atoms with Crippen LogP contribution in [0.4, 0.5) is 22.2 Å². The van der Waals surface area contributed by atoms with Gasteiger partial charge in [0, 0.05) is 43.8 Å². The van der Waals surface area contributed by atoms with E-state index in [0.29, 0.717) is 54.5 Å². The fourth-order valence-corrected chi connectivity index (χ4v) is 5.04. The van der Waals surface area contributed by atoms with Crippen molar-refractivity contribution in [2.24, 2.45) is 0 Å². The van der Waals surface area contributed by atoms with Crippen LogP contribution in [0.5, 0.6) is 0 Å². The zero-order chi connectivity index (χ0) is 29.2. The Morgan fingerprint density at radius 1 is 1.05 bits per heavy atom. The fraction of sp³-hybridized carbons (Fsp3) is 0.517. The van der Waals surface area contributed by atoms with Gasteiger partial charge in [-0.25, -0.2) is 14.8 Å². The van der Waals surface area contributed by atoms with Crippen molar-refractivity contribution in [3.63, 3.8) is 0 Å². The number of hydrogen-bond acceptors (Lipinski definition) is 9. The molecule has 0 bridgehead atoms. The monoisotopic (exact) mass is 549 g/mol. The highest BCUT2D eigenvalue weighted by Crippen LogP contribution is 2.26. The lowest BCUT2D eigenvalue weighted by Crippen LogP contribution is -2.50. The summed E-state index contributed by atoms with van der Waals surface area (Å²) in [7, 11) is 0. The molecule has 0 aliphatic carbocycles. The van der Waals surface area contributed by atoms with E-state index in [1.54, 1.807) is 28.8 Å². The summed E-state index contributed by atoms with van der Waals surface area (Å²) in [5, 5.41) is 3.82. The van der Waals surface area contributed by atoms with Gasteiger partial charge in [0.15, 0.2) is 5.78 Å². The summed E-state index contributed by atoms with van der Waals surface area (Å²) in [6, 6.07) is 3.72. The molecule has 4 heterocycles. The molecule has 1 aliphatic rings. The van der Waals surface area contributed by atoms with Crippen LogP contribution in [0.2, 0.25) is 0 Å². The molecule has 0 atom stereocenters. The highest BCUT2D eigenvalue weighted by molar-refractivity contribution is 5.99. The molecule has 1 aliphatic heterocycles. The molecule has 1 fully saturated rings. The van der Waals surface area contributed by atoms with Crippen LogP contribution in [-0.2, 0) is 4.74 Å². The number of hydrogen-bond donors (Lipinski definition) is 1. The summed E-state index contributed by atoms with van der Waals surface area (Å²) < 4.78 is 7.12. The first kappa shape index (κ1) is 29.0. The number of aromatic nitrogens is 4. The predicted octanol–water partition coefficient (Wildman–Crippen LogP) is 4.86. The number of anilines is 3. The molecule has 11 heteroatoms. The molecule has 0 aromatic carbocycles. The Bertz CT molecular complexity index is 1450. The van der Waals surface area contributed by atoms with Crippen LogP contribution < -0.4 is 15.8 Å². The first-order valence-corrected chi connectivity index (χ1v) is 13.8. The fourth-order valence-electron chi connectivity index (χ4n) is 5.04. The minimum atomic E-state index is -0.517. The average Bonchev–Trinajstić information content (AvgIpc) is 2.90. The van der Waals surface area contributed by atoms with E-state index in [9.17, 15) is 14.4 Å². The highest BCUT2D eigenvalue weighted by atomic mass is 16.6. The molecule has 3 aromatic heterocycles. The Balaban J connectivity index is 1.53. The number of rotatable bonds is 7. The van der Waals surface area contributed by atoms with Crippen LogP contribution in [0.3, 0.4) is 0 Å². The number of pyridine rings is 2. The normalized spacial score (nSPS) is 14.1. The summed E-state index contributed by atoms with van der Waals surface area (Å²) >= 11 is 0. The van der Waals surface area contributed by atoms with Crippen molar-refractivity contribution in [2.75, 3.05) is 36.4 Å². The molecule has 0 unspecified atom stereocenters. The summed E-state index contributed by atoms with van der Waals surface area (Å²) in [5.41, 5.74) is 1.40. The maximum absolute atomic E-state index is 13.4. The average molecular weight is 550 g/mol. The molecule has 214 valence electrons. The van der Waals surface area contributed by atoms with Gasteiger partial charge in [0.25, 0.3) is 5.56 Å². The largest absolute Gasteiger partial charge is 0.444 e. The first-order valence-electron chi connectivity index (χ1n) is 13.8. The van der Waals surface area contributed by atoms with Crippen molar-refractivity contribution in [2.45, 2.75) is 73.0 Å². The van der Waals surface area contributed by atoms with Gasteiger partial charge in [-0.05, 0) is 65.2 Å². The minimum Gasteiger partial charge on any atom is -0.444 e. The molecule has 4 rings (SSSR count). The van der Waals surface area contributed by atoms with Crippen molar-refractivity contribution < 1.29 is 14.3 Å². The van der Waals surface area contributed by atoms with E-state index < -0.39 is 5.60 Å². The third kappa shape index (κ3) is 6.08. The van der Waals surface area contributed by atoms with Crippen LogP contribution in [0.25, 0.3) is 11.0 Å². The number of nitrogens with zero attached hydrogens (tertiary/aromatic N) is 6. The van der Waals surface area contributed by atoms with Gasteiger partial charge >= 0.3 is 6.09 Å². The Labute approximate surface area is 234 Å². The Morgan fingerprint density at radius 2 is 1.73 bits per heavy atom. The standard InChI is InChI=1S/C29H39N7O4/c1-8-20(9-2)36-25-22(18(3)24(19(4)37)26(36)38)17-31-27(33-25)32-23-11-10-21(16-30-23)34-12-14-35(15-13-34)28(39)40-29(5,6)7/h10-11,16-17,20H,8-9,12-15H2,1-7H3,(H,30,31,32,33). The molecular weight excluding hydrogens is 510 g/mol. The molecule has 0 saturated carbocycles. The van der Waals surface area contributed by atoms with Crippen LogP contribution in [0.1, 0.15) is 76.3 Å². The predicted molar refractivity (Wildman–Crippen MR) is 156 cm³/mol. The topological polar surface area (TPSA) is 123 Å². The zero-order valence-corrected chi connectivity index (χ0v) is 24.4. The minimum absolute atomic E-state index is 0.0929. The smallest absolute Gasteiger partial charge is 0.410 e. The summed E-state index contributed by atoms with van der Waals surface area (Å²) in [6.45, 7) is 15.3. The third-order valence-electron chi connectivity index (χ3n) is 7.15. The van der Waals surface area contributed by atoms with Gasteiger partial charge in [-0.1, -0.05) is 13.8 Å². The van der Waals surface area contributed by atoms with Gasteiger partial charge < -0.3 is 19.9 Å². The van der Waals surface area contributed by atoms with Gasteiger partial charge in [0.2, 0.25) is 5.95 Å². The number of fused-ring (bicyclic) bond motifs is 1. The van der Waals surface area contributed by atoms with E-state index in [1.165, 1.54) is 6.92 Å². The van der Waals surface area contributed by atoms with Gasteiger partial charge in [0.1, 0.15) is 17.1 Å².